The molecule has 2 aromatic carbocycles. The first-order chi connectivity index (χ1) is 11.4. The number of hydrogen-bond donors (Lipinski definition) is 0. The molecule has 0 atom stereocenters. The van der Waals surface area contributed by atoms with E-state index in [1.165, 1.54) is 41.3 Å². The number of rotatable bonds is 6. The van der Waals surface area contributed by atoms with Crippen LogP contribution in [0.1, 0.15) is 10.4 Å². The van der Waals surface area contributed by atoms with Crippen molar-refractivity contribution in [1.82, 2.24) is 4.90 Å². The van der Waals surface area contributed by atoms with Crippen molar-refractivity contribution in [2.24, 2.45) is 0 Å². The highest BCUT2D eigenvalue weighted by molar-refractivity contribution is 6.32. The Labute approximate surface area is 142 Å². The van der Waals surface area contributed by atoms with Gasteiger partial charge in [-0.2, -0.15) is 0 Å². The number of carbonyl (C=O) groups excluding carboxylic acids is 1. The van der Waals surface area contributed by atoms with Gasteiger partial charge in [0.2, 0.25) is 0 Å². The number of halogens is 2. The summed E-state index contributed by atoms with van der Waals surface area (Å²) in [6.07, 6.45) is 0. The highest BCUT2D eigenvalue weighted by atomic mass is 35.5. The Hall–Kier alpha value is -2.67. The third kappa shape index (κ3) is 4.42. The third-order valence-electron chi connectivity index (χ3n) is 3.25. The molecule has 0 unspecified atom stereocenters. The van der Waals surface area contributed by atoms with Gasteiger partial charge < -0.3 is 9.64 Å². The minimum absolute atomic E-state index is 0.0288. The van der Waals surface area contributed by atoms with Gasteiger partial charge in [0.05, 0.1) is 11.5 Å². The van der Waals surface area contributed by atoms with E-state index in [1.54, 1.807) is 7.05 Å². The molecule has 2 rings (SSSR count). The van der Waals surface area contributed by atoms with Crippen LogP contribution in [0.25, 0.3) is 0 Å². The van der Waals surface area contributed by atoms with Crippen LogP contribution in [0.3, 0.4) is 0 Å². The molecule has 0 saturated heterocycles. The molecule has 24 heavy (non-hydrogen) atoms. The average molecular weight is 353 g/mol. The lowest BCUT2D eigenvalue weighted by molar-refractivity contribution is -0.384. The Bertz CT molecular complexity index is 752. The Morgan fingerprint density at radius 1 is 1.29 bits per heavy atom. The van der Waals surface area contributed by atoms with Crippen LogP contribution in [0.5, 0.6) is 5.75 Å². The summed E-state index contributed by atoms with van der Waals surface area (Å²) < 4.78 is 18.2. The van der Waals surface area contributed by atoms with Gasteiger partial charge in [-0.25, -0.2) is 4.39 Å². The minimum Gasteiger partial charge on any atom is -0.492 e. The summed E-state index contributed by atoms with van der Waals surface area (Å²) in [7, 11) is 1.55. The van der Waals surface area contributed by atoms with E-state index in [1.807, 2.05) is 0 Å². The van der Waals surface area contributed by atoms with E-state index >= 15 is 0 Å². The summed E-state index contributed by atoms with van der Waals surface area (Å²) in [6, 6.07) is 9.40. The normalized spacial score (nSPS) is 10.3. The number of ether oxygens (including phenoxy) is 1. The van der Waals surface area contributed by atoms with Crippen molar-refractivity contribution >= 4 is 23.2 Å². The quantitative estimate of drug-likeness (QED) is 0.588. The van der Waals surface area contributed by atoms with Gasteiger partial charge in [0.25, 0.3) is 11.6 Å². The number of amides is 1. The first-order valence-corrected chi connectivity index (χ1v) is 7.34. The zero-order valence-electron chi connectivity index (χ0n) is 12.7. The second-order valence-corrected chi connectivity index (χ2v) is 5.36. The molecule has 0 radical (unpaired) electrons. The van der Waals surface area contributed by atoms with Crippen molar-refractivity contribution < 1.29 is 18.8 Å². The Kier molecular flexibility index (Phi) is 5.70. The van der Waals surface area contributed by atoms with Gasteiger partial charge in [-0.05, 0) is 36.4 Å². The van der Waals surface area contributed by atoms with E-state index in [2.05, 4.69) is 0 Å². The van der Waals surface area contributed by atoms with Crippen LogP contribution in [0.15, 0.2) is 42.5 Å². The summed E-state index contributed by atoms with van der Waals surface area (Å²) in [5.41, 5.74) is -0.158. The maximum absolute atomic E-state index is 12.8. The molecule has 0 heterocycles. The largest absolute Gasteiger partial charge is 0.492 e. The zero-order valence-corrected chi connectivity index (χ0v) is 13.5. The van der Waals surface area contributed by atoms with Crippen LogP contribution in [-0.2, 0) is 0 Å². The fourth-order valence-corrected chi connectivity index (χ4v) is 2.13. The average Bonchev–Trinajstić information content (AvgIpc) is 2.56. The predicted molar refractivity (Wildman–Crippen MR) is 87.0 cm³/mol. The van der Waals surface area contributed by atoms with Gasteiger partial charge in [0.15, 0.2) is 0 Å². The molecule has 0 aliphatic rings. The van der Waals surface area contributed by atoms with Gasteiger partial charge in [-0.3, -0.25) is 14.9 Å². The number of nitrogens with zero attached hydrogens (tertiary/aromatic N) is 2. The first kappa shape index (κ1) is 17.7. The molecule has 0 bridgehead atoms. The van der Waals surface area contributed by atoms with Crippen molar-refractivity contribution in [3.63, 3.8) is 0 Å². The molecule has 0 aliphatic heterocycles. The summed E-state index contributed by atoms with van der Waals surface area (Å²) in [4.78, 5) is 23.9. The van der Waals surface area contributed by atoms with Crippen LogP contribution >= 0.6 is 11.6 Å². The van der Waals surface area contributed by atoms with Gasteiger partial charge in [-0.15, -0.1) is 0 Å². The van der Waals surface area contributed by atoms with E-state index in [0.29, 0.717) is 5.75 Å². The Balaban J connectivity index is 1.95. The highest BCUT2D eigenvalue weighted by Gasteiger charge is 2.18. The molecule has 8 heteroatoms. The van der Waals surface area contributed by atoms with Crippen LogP contribution in [-0.4, -0.2) is 35.9 Å². The van der Waals surface area contributed by atoms with E-state index in [9.17, 15) is 19.3 Å². The molecular weight excluding hydrogens is 339 g/mol. The number of nitro groups is 1. The van der Waals surface area contributed by atoms with E-state index < -0.39 is 10.8 Å². The Morgan fingerprint density at radius 2 is 1.96 bits per heavy atom. The zero-order chi connectivity index (χ0) is 17.7. The van der Waals surface area contributed by atoms with Crippen molar-refractivity contribution in [3.05, 3.63) is 69.0 Å². The van der Waals surface area contributed by atoms with Crippen molar-refractivity contribution in [3.8, 4) is 5.75 Å². The van der Waals surface area contributed by atoms with E-state index in [-0.39, 0.29) is 35.2 Å². The predicted octanol–water partition coefficient (Wildman–Crippen LogP) is 3.54. The molecule has 1 amide bonds. The maximum Gasteiger partial charge on any atom is 0.288 e. The highest BCUT2D eigenvalue weighted by Crippen LogP contribution is 2.25. The summed E-state index contributed by atoms with van der Waals surface area (Å²) >= 11 is 5.72. The van der Waals surface area contributed by atoms with Crippen LogP contribution in [0, 0.1) is 15.9 Å². The number of benzene rings is 2. The summed E-state index contributed by atoms with van der Waals surface area (Å²) in [6.45, 7) is 0.455. The topological polar surface area (TPSA) is 72.7 Å². The van der Waals surface area contributed by atoms with Crippen molar-refractivity contribution in [2.45, 2.75) is 0 Å². The molecular formula is C16H14ClFN2O4. The lowest BCUT2D eigenvalue weighted by Gasteiger charge is -2.17. The molecule has 6 nitrogen and oxygen atoms in total. The second kappa shape index (κ2) is 7.74. The number of likely N-dealkylation sites (N-methyl/N-ethyl adjacent to an activating group) is 1. The van der Waals surface area contributed by atoms with E-state index in [0.717, 1.165) is 6.07 Å². The standard InChI is InChI=1S/C16H14ClFN2O4/c1-19(8-9-24-13-5-3-12(18)4-6-13)16(21)11-2-7-14(17)15(10-11)20(22)23/h2-7,10H,8-9H2,1H3. The molecule has 0 fully saturated rings. The van der Waals surface area contributed by atoms with E-state index in [4.69, 9.17) is 16.3 Å². The lowest BCUT2D eigenvalue weighted by atomic mass is 10.2. The van der Waals surface area contributed by atoms with Crippen molar-refractivity contribution in [2.75, 3.05) is 20.2 Å². The first-order valence-electron chi connectivity index (χ1n) is 6.96. The van der Waals surface area contributed by atoms with Gasteiger partial charge >= 0.3 is 0 Å². The molecule has 126 valence electrons. The molecule has 0 aliphatic carbocycles. The smallest absolute Gasteiger partial charge is 0.288 e. The summed E-state index contributed by atoms with van der Waals surface area (Å²) in [5, 5.41) is 10.8. The molecule has 0 N–H and O–H groups in total. The van der Waals surface area contributed by atoms with Gasteiger partial charge in [0.1, 0.15) is 23.2 Å². The van der Waals surface area contributed by atoms with Crippen LogP contribution < -0.4 is 4.74 Å². The molecule has 2 aromatic rings. The maximum atomic E-state index is 12.8. The van der Waals surface area contributed by atoms with Crippen LogP contribution in [0.2, 0.25) is 5.02 Å². The SMILES string of the molecule is CN(CCOc1ccc(F)cc1)C(=O)c1ccc(Cl)c([N+](=O)[O-])c1. The molecule has 0 saturated carbocycles. The Morgan fingerprint density at radius 3 is 2.58 bits per heavy atom. The second-order valence-electron chi connectivity index (χ2n) is 4.95. The van der Waals surface area contributed by atoms with Gasteiger partial charge in [-0.1, -0.05) is 11.6 Å². The third-order valence-corrected chi connectivity index (χ3v) is 3.57. The fourth-order valence-electron chi connectivity index (χ4n) is 1.94. The van der Waals surface area contributed by atoms with Crippen molar-refractivity contribution in [1.29, 1.82) is 0 Å². The summed E-state index contributed by atoms with van der Waals surface area (Å²) in [5.74, 6) is -0.268. The molecule has 0 spiro atoms. The lowest BCUT2D eigenvalue weighted by Crippen LogP contribution is -2.30. The monoisotopic (exact) mass is 352 g/mol. The minimum atomic E-state index is -0.642. The molecule has 0 aromatic heterocycles. The number of hydrogen-bond acceptors (Lipinski definition) is 4. The van der Waals surface area contributed by atoms with Crippen LogP contribution in [0.4, 0.5) is 10.1 Å². The fraction of sp³-hybridized carbons (Fsp3) is 0.188. The number of nitro benzene ring substituents is 1. The van der Waals surface area contributed by atoms with Gasteiger partial charge in [0, 0.05) is 18.7 Å². The number of carbonyl (C=O) groups is 1.